The van der Waals surface area contributed by atoms with E-state index in [9.17, 15) is 4.79 Å². The first kappa shape index (κ1) is 16.3. The van der Waals surface area contributed by atoms with E-state index in [1.54, 1.807) is 6.20 Å². The predicted octanol–water partition coefficient (Wildman–Crippen LogP) is 4.27. The van der Waals surface area contributed by atoms with Crippen molar-refractivity contribution in [3.8, 4) is 0 Å². The molecule has 0 radical (unpaired) electrons. The minimum atomic E-state index is 0.0522. The Bertz CT molecular complexity index is 708. The first-order valence-corrected chi connectivity index (χ1v) is 8.97. The zero-order valence-electron chi connectivity index (χ0n) is 13.3. The van der Waals surface area contributed by atoms with Gasteiger partial charge in [-0.25, -0.2) is 4.98 Å². The van der Waals surface area contributed by atoms with Crippen LogP contribution in [-0.4, -0.2) is 24.0 Å². The van der Waals surface area contributed by atoms with E-state index in [2.05, 4.69) is 21.3 Å². The van der Waals surface area contributed by atoms with Crippen LogP contribution in [0.25, 0.3) is 0 Å². The predicted molar refractivity (Wildman–Crippen MR) is 96.6 cm³/mol. The average molecular weight is 350 g/mol. The maximum absolute atomic E-state index is 12.3. The number of aromatic nitrogens is 1. The summed E-state index contributed by atoms with van der Waals surface area (Å²) in [7, 11) is 0. The van der Waals surface area contributed by atoms with Crippen molar-refractivity contribution >= 4 is 39.7 Å². The van der Waals surface area contributed by atoms with Crippen LogP contribution in [0.4, 0.5) is 10.8 Å². The number of hydrogen-bond donors (Lipinski definition) is 1. The van der Waals surface area contributed by atoms with Crippen molar-refractivity contribution in [1.82, 2.24) is 4.98 Å². The maximum atomic E-state index is 12.3. The van der Waals surface area contributed by atoms with Crippen LogP contribution in [0.2, 0.25) is 5.02 Å². The molecule has 2 heterocycles. The summed E-state index contributed by atoms with van der Waals surface area (Å²) in [5.74, 6) is 0.136. The van der Waals surface area contributed by atoms with Gasteiger partial charge in [-0.3, -0.25) is 4.79 Å². The molecule has 23 heavy (non-hydrogen) atoms. The van der Waals surface area contributed by atoms with Gasteiger partial charge in [0.15, 0.2) is 5.13 Å². The lowest BCUT2D eigenvalue weighted by molar-refractivity contribution is -0.120. The average Bonchev–Trinajstić information content (AvgIpc) is 2.95. The third kappa shape index (κ3) is 3.85. The molecule has 3 rings (SSSR count). The fourth-order valence-electron chi connectivity index (χ4n) is 2.80. The van der Waals surface area contributed by atoms with E-state index in [4.69, 9.17) is 11.6 Å². The second-order valence-electron chi connectivity index (χ2n) is 5.96. The number of carbonyl (C=O) groups is 1. The van der Waals surface area contributed by atoms with E-state index >= 15 is 0 Å². The van der Waals surface area contributed by atoms with E-state index in [0.717, 1.165) is 47.1 Å². The fourth-order valence-corrected chi connectivity index (χ4v) is 3.64. The molecule has 0 unspecified atom stereocenters. The monoisotopic (exact) mass is 349 g/mol. The molecule has 1 amide bonds. The zero-order valence-corrected chi connectivity index (χ0v) is 14.9. The standard InChI is InChI=1S/C17H20ClN3OS/c1-11-3-4-14(9-15(11)18)21-7-5-13(6-8-21)16(22)20-17-19-10-12(2)23-17/h3-4,9-10,13H,5-8H2,1-2H3,(H,19,20,22). The van der Waals surface area contributed by atoms with Gasteiger partial charge < -0.3 is 10.2 Å². The number of rotatable bonds is 3. The van der Waals surface area contributed by atoms with Gasteiger partial charge >= 0.3 is 0 Å². The first-order chi connectivity index (χ1) is 11.0. The number of piperidine rings is 1. The first-order valence-electron chi connectivity index (χ1n) is 7.77. The molecule has 1 aliphatic heterocycles. The molecule has 1 aromatic heterocycles. The highest BCUT2D eigenvalue weighted by molar-refractivity contribution is 7.15. The third-order valence-electron chi connectivity index (χ3n) is 4.24. The minimum absolute atomic E-state index is 0.0522. The summed E-state index contributed by atoms with van der Waals surface area (Å²) in [6.45, 7) is 5.73. The lowest BCUT2D eigenvalue weighted by Gasteiger charge is -2.33. The molecule has 0 aliphatic carbocycles. The Morgan fingerprint density at radius 2 is 2.09 bits per heavy atom. The van der Waals surface area contributed by atoms with E-state index in [1.165, 1.54) is 11.3 Å². The number of carbonyl (C=O) groups excluding carboxylic acids is 1. The molecular weight excluding hydrogens is 330 g/mol. The summed E-state index contributed by atoms with van der Waals surface area (Å²) < 4.78 is 0. The molecule has 1 aromatic carbocycles. The molecule has 2 aromatic rings. The number of nitrogens with one attached hydrogen (secondary N) is 1. The van der Waals surface area contributed by atoms with Crippen LogP contribution in [-0.2, 0) is 4.79 Å². The zero-order chi connectivity index (χ0) is 16.4. The number of anilines is 2. The summed E-state index contributed by atoms with van der Waals surface area (Å²) in [4.78, 5) is 19.9. The highest BCUT2D eigenvalue weighted by Gasteiger charge is 2.25. The Balaban J connectivity index is 1.57. The fraction of sp³-hybridized carbons (Fsp3) is 0.412. The summed E-state index contributed by atoms with van der Waals surface area (Å²) in [6.07, 6.45) is 3.48. The van der Waals surface area contributed by atoms with E-state index in [0.29, 0.717) is 5.13 Å². The Morgan fingerprint density at radius 3 is 2.70 bits per heavy atom. The topological polar surface area (TPSA) is 45.2 Å². The van der Waals surface area contributed by atoms with Gasteiger partial charge in [0.1, 0.15) is 0 Å². The van der Waals surface area contributed by atoms with Crippen molar-refractivity contribution in [1.29, 1.82) is 0 Å². The molecule has 1 N–H and O–H groups in total. The molecule has 0 saturated carbocycles. The van der Waals surface area contributed by atoms with Crippen LogP contribution in [0.5, 0.6) is 0 Å². The number of nitrogens with zero attached hydrogens (tertiary/aromatic N) is 2. The third-order valence-corrected chi connectivity index (χ3v) is 5.47. The number of amides is 1. The summed E-state index contributed by atoms with van der Waals surface area (Å²) in [6, 6.07) is 6.15. The number of hydrogen-bond acceptors (Lipinski definition) is 4. The van der Waals surface area contributed by atoms with Gasteiger partial charge in [-0.2, -0.15) is 0 Å². The van der Waals surface area contributed by atoms with Gasteiger partial charge in [-0.15, -0.1) is 11.3 Å². The van der Waals surface area contributed by atoms with Gasteiger partial charge in [-0.05, 0) is 44.4 Å². The van der Waals surface area contributed by atoms with Crippen LogP contribution in [0.15, 0.2) is 24.4 Å². The smallest absolute Gasteiger partial charge is 0.229 e. The molecule has 0 bridgehead atoms. The van der Waals surface area contributed by atoms with Crippen molar-refractivity contribution in [2.24, 2.45) is 5.92 Å². The largest absolute Gasteiger partial charge is 0.371 e. The quantitative estimate of drug-likeness (QED) is 0.900. The molecular formula is C17H20ClN3OS. The van der Waals surface area contributed by atoms with Gasteiger partial charge in [0.2, 0.25) is 5.91 Å². The van der Waals surface area contributed by atoms with Crippen LogP contribution < -0.4 is 10.2 Å². The molecule has 1 aliphatic rings. The van der Waals surface area contributed by atoms with E-state index in [1.807, 2.05) is 26.0 Å². The van der Waals surface area contributed by atoms with Gasteiger partial charge in [0.05, 0.1) is 0 Å². The Morgan fingerprint density at radius 1 is 1.35 bits per heavy atom. The number of aryl methyl sites for hydroxylation is 2. The molecule has 1 saturated heterocycles. The number of thiazole rings is 1. The summed E-state index contributed by atoms with van der Waals surface area (Å²) >= 11 is 7.72. The Labute approximate surface area is 145 Å². The van der Waals surface area contributed by atoms with Crippen molar-refractivity contribution in [3.63, 3.8) is 0 Å². The summed E-state index contributed by atoms with van der Waals surface area (Å²) in [5.41, 5.74) is 2.22. The van der Waals surface area contributed by atoms with E-state index in [-0.39, 0.29) is 11.8 Å². The van der Waals surface area contributed by atoms with Crippen LogP contribution >= 0.6 is 22.9 Å². The minimum Gasteiger partial charge on any atom is -0.371 e. The van der Waals surface area contributed by atoms with Gasteiger partial charge in [0, 0.05) is 40.8 Å². The highest BCUT2D eigenvalue weighted by Crippen LogP contribution is 2.28. The van der Waals surface area contributed by atoms with Crippen LogP contribution in [0, 0.1) is 19.8 Å². The Hall–Kier alpha value is -1.59. The SMILES string of the molecule is Cc1cnc(NC(=O)C2CCN(c3ccc(C)c(Cl)c3)CC2)s1. The molecule has 4 nitrogen and oxygen atoms in total. The van der Waals surface area contributed by atoms with Crippen molar-refractivity contribution in [2.45, 2.75) is 26.7 Å². The van der Waals surface area contributed by atoms with Crippen molar-refractivity contribution in [3.05, 3.63) is 39.9 Å². The molecule has 6 heteroatoms. The van der Waals surface area contributed by atoms with Gasteiger partial charge in [-0.1, -0.05) is 17.7 Å². The normalized spacial score (nSPS) is 15.7. The number of halogens is 1. The number of benzene rings is 1. The molecule has 0 spiro atoms. The van der Waals surface area contributed by atoms with Crippen LogP contribution in [0.1, 0.15) is 23.3 Å². The van der Waals surface area contributed by atoms with Gasteiger partial charge in [0.25, 0.3) is 0 Å². The van der Waals surface area contributed by atoms with Crippen molar-refractivity contribution in [2.75, 3.05) is 23.3 Å². The van der Waals surface area contributed by atoms with Crippen molar-refractivity contribution < 1.29 is 4.79 Å². The van der Waals surface area contributed by atoms with Crippen LogP contribution in [0.3, 0.4) is 0 Å². The maximum Gasteiger partial charge on any atom is 0.229 e. The lowest BCUT2D eigenvalue weighted by Crippen LogP contribution is -2.38. The Kier molecular flexibility index (Phi) is 4.87. The highest BCUT2D eigenvalue weighted by atomic mass is 35.5. The second-order valence-corrected chi connectivity index (χ2v) is 7.60. The molecule has 1 fully saturated rings. The molecule has 0 atom stereocenters. The van der Waals surface area contributed by atoms with E-state index < -0.39 is 0 Å². The summed E-state index contributed by atoms with van der Waals surface area (Å²) in [5, 5.41) is 4.42. The lowest BCUT2D eigenvalue weighted by atomic mass is 9.95. The second kappa shape index (κ2) is 6.89. The molecule has 122 valence electrons.